The van der Waals surface area contributed by atoms with E-state index in [4.69, 9.17) is 14.2 Å². The van der Waals surface area contributed by atoms with E-state index in [-0.39, 0.29) is 11.8 Å². The third-order valence-corrected chi connectivity index (χ3v) is 6.53. The molecule has 2 aliphatic heterocycles. The van der Waals surface area contributed by atoms with Gasteiger partial charge in [-0.05, 0) is 39.8 Å². The monoisotopic (exact) mass is 487 g/mol. The molecule has 0 aromatic carbocycles. The van der Waals surface area contributed by atoms with Gasteiger partial charge in [0.2, 0.25) is 0 Å². The van der Waals surface area contributed by atoms with Gasteiger partial charge in [-0.2, -0.15) is 0 Å². The number of anilines is 1. The van der Waals surface area contributed by atoms with Gasteiger partial charge >= 0.3 is 0 Å². The van der Waals surface area contributed by atoms with Crippen LogP contribution in [0.1, 0.15) is 41.5 Å². The fourth-order valence-electron chi connectivity index (χ4n) is 4.15. The number of aromatic nitrogens is 4. The highest BCUT2D eigenvalue weighted by Crippen LogP contribution is 2.43. The summed E-state index contributed by atoms with van der Waals surface area (Å²) < 4.78 is 19.9. The number of carbonyl (C=O) groups excluding carboxylic acids is 2. The molecule has 13 heteroatoms. The number of imidazole rings is 1. The summed E-state index contributed by atoms with van der Waals surface area (Å²) in [5.74, 6) is -1.10. The van der Waals surface area contributed by atoms with Gasteiger partial charge in [-0.25, -0.2) is 15.0 Å². The fourth-order valence-corrected chi connectivity index (χ4v) is 4.91. The Morgan fingerprint density at radius 3 is 2.71 bits per heavy atom. The Morgan fingerprint density at radius 1 is 1.18 bits per heavy atom. The van der Waals surface area contributed by atoms with E-state index in [1.54, 1.807) is 30.8 Å². The van der Waals surface area contributed by atoms with E-state index in [2.05, 4.69) is 31.1 Å². The molecule has 2 aliphatic rings. The second kappa shape index (κ2) is 8.58. The van der Waals surface area contributed by atoms with Crippen LogP contribution in [0.5, 0.6) is 0 Å². The minimum atomic E-state index is -0.870. The lowest BCUT2D eigenvalue weighted by molar-refractivity contribution is -0.197. The molecule has 5 heterocycles. The van der Waals surface area contributed by atoms with Gasteiger partial charge in [0.15, 0.2) is 35.1 Å². The Labute approximate surface area is 199 Å². The highest BCUT2D eigenvalue weighted by molar-refractivity contribution is 7.13. The lowest BCUT2D eigenvalue weighted by Gasteiger charge is -2.24. The summed E-state index contributed by atoms with van der Waals surface area (Å²) in [5, 5.41) is 2.78. The van der Waals surface area contributed by atoms with Crippen LogP contribution in [0.25, 0.3) is 11.2 Å². The van der Waals surface area contributed by atoms with E-state index in [0.717, 1.165) is 4.88 Å². The second-order valence-corrected chi connectivity index (χ2v) is 9.73. The number of hydrogen-bond acceptors (Lipinski definition) is 10. The molecule has 4 atom stereocenters. The lowest BCUT2D eigenvalue weighted by atomic mass is 10.1. The molecule has 3 aromatic heterocycles. The number of likely N-dealkylation sites (N-methyl/N-ethyl adjacent to an activating group) is 1. The van der Waals surface area contributed by atoms with Crippen molar-refractivity contribution in [2.45, 2.75) is 58.0 Å². The maximum atomic E-state index is 12.6. The largest absolute Gasteiger partial charge is 0.354 e. The van der Waals surface area contributed by atoms with Crippen molar-refractivity contribution in [3.8, 4) is 0 Å². The Balaban J connectivity index is 1.41. The summed E-state index contributed by atoms with van der Waals surface area (Å²) >= 11 is 1.39. The van der Waals surface area contributed by atoms with Gasteiger partial charge in [-0.15, -0.1) is 11.3 Å². The molecule has 180 valence electrons. The third kappa shape index (κ3) is 4.00. The quantitative estimate of drug-likeness (QED) is 0.441. The number of carbonyl (C=O) groups is 2. The molecular formula is C21H25N7O5S. The summed E-state index contributed by atoms with van der Waals surface area (Å²) in [5.41, 5.74) is 6.33. The van der Waals surface area contributed by atoms with Crippen molar-refractivity contribution in [1.82, 2.24) is 30.3 Å². The van der Waals surface area contributed by atoms with E-state index in [1.165, 1.54) is 17.7 Å². The van der Waals surface area contributed by atoms with Crippen LogP contribution in [-0.4, -0.2) is 62.0 Å². The fraction of sp³-hybridized carbons (Fsp3) is 0.476. The van der Waals surface area contributed by atoms with Gasteiger partial charge in [0.05, 0.1) is 11.2 Å². The van der Waals surface area contributed by atoms with Crippen molar-refractivity contribution in [2.75, 3.05) is 12.0 Å². The van der Waals surface area contributed by atoms with Gasteiger partial charge in [0.1, 0.15) is 18.5 Å². The molecular weight excluding hydrogens is 462 g/mol. The number of hydrogen-bond donors (Lipinski definition) is 3. The molecule has 4 unspecified atom stereocenters. The first-order chi connectivity index (χ1) is 16.3. The molecule has 0 radical (unpaired) electrons. The number of rotatable bonds is 6. The van der Waals surface area contributed by atoms with Gasteiger partial charge in [-0.3, -0.25) is 25.0 Å². The SMILES string of the molecule is CCNC(=O)C1OC(n2cnc3c(NNC(=O)c4ccc(C)s4)ncnc32)C2OC(C)(C)OC12. The topological polar surface area (TPSA) is 142 Å². The second-order valence-electron chi connectivity index (χ2n) is 8.44. The normalized spacial score (nSPS) is 25.3. The average Bonchev–Trinajstić information content (AvgIpc) is 3.54. The summed E-state index contributed by atoms with van der Waals surface area (Å²) in [4.78, 5) is 39.6. The Hall–Kier alpha value is -3.13. The van der Waals surface area contributed by atoms with Crippen molar-refractivity contribution in [1.29, 1.82) is 0 Å². The number of hydrazine groups is 1. The Kier molecular flexibility index (Phi) is 5.72. The maximum Gasteiger partial charge on any atom is 0.279 e. The number of aryl methyl sites for hydroxylation is 1. The third-order valence-electron chi connectivity index (χ3n) is 5.53. The van der Waals surface area contributed by atoms with Crippen molar-refractivity contribution >= 4 is 40.1 Å². The molecule has 2 amide bonds. The van der Waals surface area contributed by atoms with Crippen molar-refractivity contribution in [2.24, 2.45) is 0 Å². The van der Waals surface area contributed by atoms with E-state index in [9.17, 15) is 9.59 Å². The molecule has 2 fully saturated rings. The van der Waals surface area contributed by atoms with E-state index >= 15 is 0 Å². The number of nitrogens with zero attached hydrogens (tertiary/aromatic N) is 4. The van der Waals surface area contributed by atoms with Gasteiger partial charge < -0.3 is 19.5 Å². The van der Waals surface area contributed by atoms with Gasteiger partial charge in [0.25, 0.3) is 11.8 Å². The molecule has 2 saturated heterocycles. The average molecular weight is 488 g/mol. The van der Waals surface area contributed by atoms with Crippen LogP contribution >= 0.6 is 11.3 Å². The molecule has 5 rings (SSSR count). The summed E-state index contributed by atoms with van der Waals surface area (Å²) in [7, 11) is 0. The lowest BCUT2D eigenvalue weighted by Crippen LogP contribution is -2.42. The molecule has 34 heavy (non-hydrogen) atoms. The molecule has 12 nitrogen and oxygen atoms in total. The van der Waals surface area contributed by atoms with Gasteiger partial charge in [0, 0.05) is 11.4 Å². The summed E-state index contributed by atoms with van der Waals surface area (Å²) in [6.07, 6.45) is 0.225. The van der Waals surface area contributed by atoms with Crippen LogP contribution in [0, 0.1) is 6.92 Å². The van der Waals surface area contributed by atoms with Gasteiger partial charge in [-0.1, -0.05) is 0 Å². The van der Waals surface area contributed by atoms with Crippen LogP contribution in [0.2, 0.25) is 0 Å². The van der Waals surface area contributed by atoms with Crippen LogP contribution in [-0.2, 0) is 19.0 Å². The first-order valence-electron chi connectivity index (χ1n) is 10.9. The van der Waals surface area contributed by atoms with Crippen molar-refractivity contribution in [3.05, 3.63) is 34.5 Å². The Bertz CT molecular complexity index is 1240. The number of nitrogens with one attached hydrogen (secondary N) is 3. The standard InChI is InChI=1S/C21H25N7O5S/c1-5-22-19(30)14-13-15(33-21(3,4)32-13)20(31-14)28-9-25-12-16(23-8-24-17(12)28)26-27-18(29)11-7-6-10(2)34-11/h6-9,13-15,20H,5H2,1-4H3,(H,22,30)(H,27,29)(H,23,24,26). The van der Waals surface area contributed by atoms with E-state index in [0.29, 0.717) is 28.4 Å². The Morgan fingerprint density at radius 2 is 1.97 bits per heavy atom. The molecule has 0 spiro atoms. The first kappa shape index (κ1) is 22.7. The molecule has 0 aliphatic carbocycles. The predicted molar refractivity (Wildman–Crippen MR) is 122 cm³/mol. The highest BCUT2D eigenvalue weighted by atomic mass is 32.1. The molecule has 0 saturated carbocycles. The van der Waals surface area contributed by atoms with Crippen LogP contribution in [0.3, 0.4) is 0 Å². The zero-order chi connectivity index (χ0) is 24.0. The zero-order valence-electron chi connectivity index (χ0n) is 19.1. The maximum absolute atomic E-state index is 12.6. The van der Waals surface area contributed by atoms with Crippen LogP contribution in [0.4, 0.5) is 5.82 Å². The van der Waals surface area contributed by atoms with Crippen LogP contribution in [0.15, 0.2) is 24.8 Å². The smallest absolute Gasteiger partial charge is 0.279 e. The van der Waals surface area contributed by atoms with Crippen molar-refractivity contribution < 1.29 is 23.8 Å². The van der Waals surface area contributed by atoms with Crippen molar-refractivity contribution in [3.63, 3.8) is 0 Å². The zero-order valence-corrected chi connectivity index (χ0v) is 19.9. The molecule has 3 N–H and O–H groups in total. The van der Waals surface area contributed by atoms with E-state index < -0.39 is 30.3 Å². The minimum absolute atomic E-state index is 0.269. The minimum Gasteiger partial charge on any atom is -0.354 e. The number of ether oxygens (including phenoxy) is 3. The number of thiophene rings is 1. The first-order valence-corrected chi connectivity index (χ1v) is 11.7. The summed E-state index contributed by atoms with van der Waals surface area (Å²) in [6, 6.07) is 3.63. The number of amides is 2. The van der Waals surface area contributed by atoms with E-state index in [1.807, 2.05) is 19.9 Å². The highest BCUT2D eigenvalue weighted by Gasteiger charge is 2.58. The number of fused-ring (bicyclic) bond motifs is 2. The summed E-state index contributed by atoms with van der Waals surface area (Å²) in [6.45, 7) is 7.83. The molecule has 0 bridgehead atoms. The molecule has 3 aromatic rings. The van der Waals surface area contributed by atoms with Crippen LogP contribution < -0.4 is 16.2 Å². The predicted octanol–water partition coefficient (Wildman–Crippen LogP) is 1.51.